The van der Waals surface area contributed by atoms with Crippen LogP contribution in [-0.2, 0) is 40.0 Å². The molecular formula is C60H102O11. The number of aliphatic hydroxyl groups excluding tert-OH is 1. The summed E-state index contributed by atoms with van der Waals surface area (Å²) in [6, 6.07) is 3.22. The first-order valence-corrected chi connectivity index (χ1v) is 28.4. The van der Waals surface area contributed by atoms with Crippen molar-refractivity contribution in [1.82, 2.24) is 0 Å². The molecule has 0 amide bonds. The second kappa shape index (κ2) is 46.0. The van der Waals surface area contributed by atoms with Crippen LogP contribution in [0.15, 0.2) is 36.4 Å². The molecule has 1 N–H and O–H groups in total. The third-order valence-electron chi connectivity index (χ3n) is 13.0. The van der Waals surface area contributed by atoms with Gasteiger partial charge in [-0.25, -0.2) is 0 Å². The SMILES string of the molecule is CCCCCCCCC=CCCCCCCCC(=O)OCC(COC(=O)CCCCCCC/C=C\CCCCCCCC)OC(=O)CC(C)CCCCC(C)CC(=O)Oc1c(OC)cc(CO)cc1OC. The molecule has 0 aromatic heterocycles. The Morgan fingerprint density at radius 1 is 0.493 bits per heavy atom. The Kier molecular flexibility index (Phi) is 42.2. The molecule has 0 spiro atoms. The Morgan fingerprint density at radius 2 is 0.859 bits per heavy atom. The second-order valence-electron chi connectivity index (χ2n) is 20.0. The number of benzene rings is 1. The Labute approximate surface area is 432 Å². The van der Waals surface area contributed by atoms with Gasteiger partial charge in [0.1, 0.15) is 13.2 Å². The van der Waals surface area contributed by atoms with E-state index in [-0.39, 0.29) is 62.2 Å². The smallest absolute Gasteiger partial charge is 0.311 e. The van der Waals surface area contributed by atoms with E-state index in [1.807, 2.05) is 13.8 Å². The molecule has 0 aliphatic heterocycles. The van der Waals surface area contributed by atoms with Crippen molar-refractivity contribution in [3.63, 3.8) is 0 Å². The minimum Gasteiger partial charge on any atom is -0.493 e. The average Bonchev–Trinajstić information content (AvgIpc) is 3.35. The molecular weight excluding hydrogens is 897 g/mol. The fraction of sp³-hybridized carbons (Fsp3) is 0.767. The zero-order chi connectivity index (χ0) is 52.0. The summed E-state index contributed by atoms with van der Waals surface area (Å²) in [5, 5.41) is 9.54. The monoisotopic (exact) mass is 999 g/mol. The topological polar surface area (TPSA) is 144 Å². The Bertz CT molecular complexity index is 1470. The van der Waals surface area contributed by atoms with E-state index in [1.165, 1.54) is 104 Å². The average molecular weight is 999 g/mol. The summed E-state index contributed by atoms with van der Waals surface area (Å²) < 4.78 is 33.3. The van der Waals surface area contributed by atoms with Crippen molar-refractivity contribution in [2.45, 2.75) is 259 Å². The summed E-state index contributed by atoms with van der Waals surface area (Å²) >= 11 is 0. The number of methoxy groups -OCH3 is 2. The number of aliphatic hydroxyl groups is 1. The van der Waals surface area contributed by atoms with Gasteiger partial charge in [-0.1, -0.05) is 180 Å². The van der Waals surface area contributed by atoms with Crippen LogP contribution < -0.4 is 14.2 Å². The van der Waals surface area contributed by atoms with Gasteiger partial charge in [-0.15, -0.1) is 0 Å². The van der Waals surface area contributed by atoms with Crippen molar-refractivity contribution >= 4 is 23.9 Å². The number of carbonyl (C=O) groups is 4. The first kappa shape index (κ1) is 65.2. The zero-order valence-corrected chi connectivity index (χ0v) is 45.9. The maximum atomic E-state index is 13.2. The number of allylic oxidation sites excluding steroid dienone is 4. The number of ether oxygens (including phenoxy) is 6. The van der Waals surface area contributed by atoms with E-state index in [1.54, 1.807) is 12.1 Å². The maximum absolute atomic E-state index is 13.2. The summed E-state index contributed by atoms with van der Waals surface area (Å²) in [5.41, 5.74) is 0.578. The van der Waals surface area contributed by atoms with Crippen molar-refractivity contribution in [3.8, 4) is 17.2 Å². The summed E-state index contributed by atoms with van der Waals surface area (Å²) in [6.45, 7) is 7.99. The van der Waals surface area contributed by atoms with E-state index in [9.17, 15) is 24.3 Å². The number of esters is 4. The molecule has 11 nitrogen and oxygen atoms in total. The highest BCUT2D eigenvalue weighted by Crippen LogP contribution is 2.39. The molecule has 1 aromatic carbocycles. The molecule has 3 atom stereocenters. The van der Waals surface area contributed by atoms with Crippen molar-refractivity contribution in [2.75, 3.05) is 27.4 Å². The lowest BCUT2D eigenvalue weighted by Gasteiger charge is -2.19. The molecule has 0 saturated heterocycles. The van der Waals surface area contributed by atoms with Gasteiger partial charge in [0, 0.05) is 25.7 Å². The molecule has 0 radical (unpaired) electrons. The molecule has 71 heavy (non-hydrogen) atoms. The van der Waals surface area contributed by atoms with E-state index in [0.717, 1.165) is 103 Å². The van der Waals surface area contributed by atoms with Crippen LogP contribution in [0.3, 0.4) is 0 Å². The standard InChI is InChI=1S/C60H102O11/c1-7-9-11-13-15-17-19-21-23-25-27-29-31-33-35-41-56(62)68-48-53(49-69-57(63)42-36-34-32-30-28-26-24-22-20-18-16-14-12-10-8-2)70-58(64)43-50(3)39-37-38-40-51(4)44-59(65)71-60-54(66-5)45-52(47-61)46-55(60)67-6/h21-24,45-46,50-51,53,61H,7-20,25-44,47-49H2,1-6H3/b23-21-,24-22?. The van der Waals surface area contributed by atoms with Crippen LogP contribution in [0, 0.1) is 11.8 Å². The van der Waals surface area contributed by atoms with Gasteiger partial charge in [0.05, 0.1) is 20.8 Å². The van der Waals surface area contributed by atoms with Gasteiger partial charge >= 0.3 is 23.9 Å². The molecule has 1 aromatic rings. The number of hydrogen-bond acceptors (Lipinski definition) is 11. The van der Waals surface area contributed by atoms with Gasteiger partial charge in [-0.3, -0.25) is 19.2 Å². The maximum Gasteiger partial charge on any atom is 0.311 e. The van der Waals surface area contributed by atoms with Gasteiger partial charge in [0.25, 0.3) is 0 Å². The highest BCUT2D eigenvalue weighted by atomic mass is 16.6. The van der Waals surface area contributed by atoms with Gasteiger partial charge in [0.15, 0.2) is 17.6 Å². The van der Waals surface area contributed by atoms with Gasteiger partial charge in [-0.05, 0) is 93.7 Å². The van der Waals surface area contributed by atoms with Crippen molar-refractivity contribution < 1.29 is 52.7 Å². The molecule has 0 aliphatic carbocycles. The van der Waals surface area contributed by atoms with E-state index in [2.05, 4.69) is 38.2 Å². The molecule has 0 bridgehead atoms. The van der Waals surface area contributed by atoms with Crippen LogP contribution in [0.25, 0.3) is 0 Å². The second-order valence-corrected chi connectivity index (χ2v) is 20.0. The molecule has 11 heteroatoms. The summed E-state index contributed by atoms with van der Waals surface area (Å²) in [5.74, 6) is -0.588. The molecule has 408 valence electrons. The van der Waals surface area contributed by atoms with Crippen molar-refractivity contribution in [2.24, 2.45) is 11.8 Å². The van der Waals surface area contributed by atoms with Crippen LogP contribution in [0.1, 0.15) is 252 Å². The Morgan fingerprint density at radius 3 is 1.24 bits per heavy atom. The van der Waals surface area contributed by atoms with Crippen LogP contribution >= 0.6 is 0 Å². The summed E-state index contributed by atoms with van der Waals surface area (Å²) in [4.78, 5) is 51.5. The van der Waals surface area contributed by atoms with Gasteiger partial charge in [-0.2, -0.15) is 0 Å². The number of hydrogen-bond donors (Lipinski definition) is 1. The summed E-state index contributed by atoms with van der Waals surface area (Å²) in [7, 11) is 2.93. The number of carbonyl (C=O) groups excluding carboxylic acids is 4. The first-order valence-electron chi connectivity index (χ1n) is 28.4. The van der Waals surface area contributed by atoms with E-state index in [0.29, 0.717) is 29.9 Å². The number of rotatable bonds is 48. The minimum atomic E-state index is -0.876. The number of unbranched alkanes of at least 4 members (excludes halogenated alkanes) is 23. The zero-order valence-electron chi connectivity index (χ0n) is 45.9. The van der Waals surface area contributed by atoms with Crippen LogP contribution in [0.4, 0.5) is 0 Å². The van der Waals surface area contributed by atoms with E-state index < -0.39 is 18.0 Å². The Balaban J connectivity index is 2.50. The highest BCUT2D eigenvalue weighted by molar-refractivity contribution is 5.75. The van der Waals surface area contributed by atoms with Crippen LogP contribution in [-0.4, -0.2) is 62.5 Å². The van der Waals surface area contributed by atoms with Crippen LogP contribution in [0.5, 0.6) is 17.2 Å². The third kappa shape index (κ3) is 37.5. The van der Waals surface area contributed by atoms with Gasteiger partial charge < -0.3 is 33.5 Å². The summed E-state index contributed by atoms with van der Waals surface area (Å²) in [6.07, 6.45) is 43.4. The molecule has 0 saturated carbocycles. The molecule has 0 heterocycles. The quantitative estimate of drug-likeness (QED) is 0.0219. The fourth-order valence-corrected chi connectivity index (χ4v) is 8.59. The lowest BCUT2D eigenvalue weighted by atomic mass is 9.96. The normalized spacial score (nSPS) is 12.8. The van der Waals surface area contributed by atoms with E-state index in [4.69, 9.17) is 28.4 Å². The Hall–Kier alpha value is -3.86. The predicted molar refractivity (Wildman–Crippen MR) is 288 cm³/mol. The third-order valence-corrected chi connectivity index (χ3v) is 13.0. The van der Waals surface area contributed by atoms with Crippen LogP contribution in [0.2, 0.25) is 0 Å². The highest BCUT2D eigenvalue weighted by Gasteiger charge is 2.22. The minimum absolute atomic E-state index is 0.0394. The molecule has 1 rings (SSSR count). The lowest BCUT2D eigenvalue weighted by Crippen LogP contribution is -2.31. The lowest BCUT2D eigenvalue weighted by molar-refractivity contribution is -0.167. The van der Waals surface area contributed by atoms with Gasteiger partial charge in [0.2, 0.25) is 5.75 Å². The molecule has 3 unspecified atom stereocenters. The molecule has 0 aliphatic rings. The van der Waals surface area contributed by atoms with E-state index >= 15 is 0 Å². The van der Waals surface area contributed by atoms with Crippen molar-refractivity contribution in [3.05, 3.63) is 42.0 Å². The largest absolute Gasteiger partial charge is 0.493 e. The van der Waals surface area contributed by atoms with Crippen molar-refractivity contribution in [1.29, 1.82) is 0 Å². The fourth-order valence-electron chi connectivity index (χ4n) is 8.59. The first-order chi connectivity index (χ1) is 34.6. The molecule has 0 fully saturated rings. The predicted octanol–water partition coefficient (Wildman–Crippen LogP) is 15.8.